The first-order chi connectivity index (χ1) is 8.44. The van der Waals surface area contributed by atoms with Crippen LogP contribution in [-0.4, -0.2) is 6.54 Å². The quantitative estimate of drug-likeness (QED) is 0.556. The standard InChI is InChI=1S/C15H25FN2/c1-4-5-6-9-15(2,3)11-18-14-10-12(16)7-8-13(14)17/h7-8,10,18H,4-6,9,11,17H2,1-3H3. The maximum atomic E-state index is 13.1. The zero-order valence-electron chi connectivity index (χ0n) is 11.7. The van der Waals surface area contributed by atoms with Crippen molar-refractivity contribution >= 4 is 11.4 Å². The van der Waals surface area contributed by atoms with Gasteiger partial charge in [-0.15, -0.1) is 0 Å². The monoisotopic (exact) mass is 252 g/mol. The van der Waals surface area contributed by atoms with E-state index in [0.29, 0.717) is 11.4 Å². The lowest BCUT2D eigenvalue weighted by Crippen LogP contribution is -2.23. The Balaban J connectivity index is 2.50. The topological polar surface area (TPSA) is 38.0 Å². The van der Waals surface area contributed by atoms with Crippen molar-refractivity contribution in [1.82, 2.24) is 0 Å². The molecule has 0 saturated heterocycles. The van der Waals surface area contributed by atoms with Crippen LogP contribution in [0.5, 0.6) is 0 Å². The third-order valence-corrected chi connectivity index (χ3v) is 3.23. The van der Waals surface area contributed by atoms with Gasteiger partial charge in [0, 0.05) is 6.54 Å². The molecule has 0 aliphatic rings. The minimum Gasteiger partial charge on any atom is -0.397 e. The van der Waals surface area contributed by atoms with Gasteiger partial charge >= 0.3 is 0 Å². The molecule has 0 radical (unpaired) electrons. The van der Waals surface area contributed by atoms with Gasteiger partial charge < -0.3 is 11.1 Å². The van der Waals surface area contributed by atoms with E-state index in [1.807, 2.05) is 0 Å². The molecule has 0 aromatic heterocycles. The molecule has 0 atom stereocenters. The SMILES string of the molecule is CCCCCC(C)(C)CNc1cc(F)ccc1N. The van der Waals surface area contributed by atoms with Gasteiger partial charge in [-0.25, -0.2) is 4.39 Å². The highest BCUT2D eigenvalue weighted by Gasteiger charge is 2.17. The molecule has 1 rings (SSSR count). The predicted octanol–water partition coefficient (Wildman–Crippen LogP) is 4.43. The molecule has 3 heteroatoms. The highest BCUT2D eigenvalue weighted by molar-refractivity contribution is 5.65. The zero-order chi connectivity index (χ0) is 13.6. The van der Waals surface area contributed by atoms with Crippen molar-refractivity contribution in [2.24, 2.45) is 5.41 Å². The van der Waals surface area contributed by atoms with Crippen LogP contribution < -0.4 is 11.1 Å². The molecule has 0 bridgehead atoms. The average molecular weight is 252 g/mol. The molecular formula is C15H25FN2. The minimum atomic E-state index is -0.254. The van der Waals surface area contributed by atoms with Crippen LogP contribution in [0.2, 0.25) is 0 Å². The van der Waals surface area contributed by atoms with Gasteiger partial charge in [0.05, 0.1) is 11.4 Å². The van der Waals surface area contributed by atoms with Crippen molar-refractivity contribution in [1.29, 1.82) is 0 Å². The first-order valence-corrected chi connectivity index (χ1v) is 6.73. The largest absolute Gasteiger partial charge is 0.397 e. The predicted molar refractivity (Wildman–Crippen MR) is 77.2 cm³/mol. The highest BCUT2D eigenvalue weighted by atomic mass is 19.1. The second-order valence-corrected chi connectivity index (χ2v) is 5.71. The van der Waals surface area contributed by atoms with Crippen molar-refractivity contribution in [3.63, 3.8) is 0 Å². The molecule has 0 saturated carbocycles. The molecule has 0 fully saturated rings. The number of hydrogen-bond donors (Lipinski definition) is 2. The highest BCUT2D eigenvalue weighted by Crippen LogP contribution is 2.26. The molecule has 0 aliphatic heterocycles. The second kappa shape index (κ2) is 6.62. The van der Waals surface area contributed by atoms with Crippen molar-refractivity contribution < 1.29 is 4.39 Å². The fourth-order valence-corrected chi connectivity index (χ4v) is 1.96. The first-order valence-electron chi connectivity index (χ1n) is 6.73. The Kier molecular flexibility index (Phi) is 5.45. The van der Waals surface area contributed by atoms with Gasteiger partial charge in [0.25, 0.3) is 0 Å². The molecule has 0 unspecified atom stereocenters. The summed E-state index contributed by atoms with van der Waals surface area (Å²) < 4.78 is 13.1. The van der Waals surface area contributed by atoms with Crippen LogP contribution in [0.15, 0.2) is 18.2 Å². The van der Waals surface area contributed by atoms with Crippen LogP contribution in [0.4, 0.5) is 15.8 Å². The average Bonchev–Trinajstić information content (AvgIpc) is 2.31. The summed E-state index contributed by atoms with van der Waals surface area (Å²) in [7, 11) is 0. The van der Waals surface area contributed by atoms with E-state index in [4.69, 9.17) is 5.73 Å². The summed E-state index contributed by atoms with van der Waals surface area (Å²) in [5, 5.41) is 3.26. The van der Waals surface area contributed by atoms with Crippen LogP contribution >= 0.6 is 0 Å². The summed E-state index contributed by atoms with van der Waals surface area (Å²) in [6, 6.07) is 4.44. The third-order valence-electron chi connectivity index (χ3n) is 3.23. The lowest BCUT2D eigenvalue weighted by Gasteiger charge is -2.26. The molecule has 0 amide bonds. The number of rotatable bonds is 7. The van der Waals surface area contributed by atoms with Gasteiger partial charge in [-0.05, 0) is 30.0 Å². The van der Waals surface area contributed by atoms with Crippen LogP contribution in [0.1, 0.15) is 46.5 Å². The molecule has 18 heavy (non-hydrogen) atoms. The van der Waals surface area contributed by atoms with Gasteiger partial charge in [0.1, 0.15) is 5.82 Å². The number of nitrogens with one attached hydrogen (secondary N) is 1. The van der Waals surface area contributed by atoms with Crippen molar-refractivity contribution in [3.05, 3.63) is 24.0 Å². The van der Waals surface area contributed by atoms with Crippen LogP contribution in [0.3, 0.4) is 0 Å². The molecular weight excluding hydrogens is 227 g/mol. The number of halogens is 1. The van der Waals surface area contributed by atoms with Gasteiger partial charge in [0.2, 0.25) is 0 Å². The van der Waals surface area contributed by atoms with E-state index in [-0.39, 0.29) is 11.2 Å². The normalized spacial score (nSPS) is 11.6. The number of unbranched alkanes of at least 4 members (excludes halogenated alkanes) is 2. The zero-order valence-corrected chi connectivity index (χ0v) is 11.7. The van der Waals surface area contributed by atoms with E-state index in [9.17, 15) is 4.39 Å². The Labute approximate surface area is 110 Å². The van der Waals surface area contributed by atoms with Gasteiger partial charge in [-0.2, -0.15) is 0 Å². The second-order valence-electron chi connectivity index (χ2n) is 5.71. The lowest BCUT2D eigenvalue weighted by molar-refractivity contribution is 0.342. The minimum absolute atomic E-state index is 0.202. The Morgan fingerprint density at radius 2 is 2.00 bits per heavy atom. The van der Waals surface area contributed by atoms with Crippen molar-refractivity contribution in [2.45, 2.75) is 46.5 Å². The van der Waals surface area contributed by atoms with Crippen LogP contribution in [0.25, 0.3) is 0 Å². The molecule has 1 aromatic carbocycles. The first kappa shape index (κ1) is 14.8. The van der Waals surface area contributed by atoms with E-state index < -0.39 is 0 Å². The Bertz CT molecular complexity index is 375. The Morgan fingerprint density at radius 3 is 2.67 bits per heavy atom. The number of benzene rings is 1. The molecule has 0 heterocycles. The van der Waals surface area contributed by atoms with Gasteiger partial charge in [0.15, 0.2) is 0 Å². The van der Waals surface area contributed by atoms with E-state index in [2.05, 4.69) is 26.1 Å². The maximum absolute atomic E-state index is 13.1. The van der Waals surface area contributed by atoms with Gasteiger partial charge in [-0.3, -0.25) is 0 Å². The van der Waals surface area contributed by atoms with E-state index in [1.165, 1.54) is 37.8 Å². The molecule has 2 nitrogen and oxygen atoms in total. The van der Waals surface area contributed by atoms with E-state index in [0.717, 1.165) is 6.54 Å². The van der Waals surface area contributed by atoms with E-state index >= 15 is 0 Å². The van der Waals surface area contributed by atoms with Gasteiger partial charge in [-0.1, -0.05) is 40.0 Å². The summed E-state index contributed by atoms with van der Waals surface area (Å²) in [6.07, 6.45) is 4.92. The molecule has 0 aliphatic carbocycles. The van der Waals surface area contributed by atoms with E-state index in [1.54, 1.807) is 6.07 Å². The molecule has 102 valence electrons. The summed E-state index contributed by atoms with van der Waals surface area (Å²) >= 11 is 0. The fourth-order valence-electron chi connectivity index (χ4n) is 1.96. The van der Waals surface area contributed by atoms with Crippen molar-refractivity contribution in [2.75, 3.05) is 17.6 Å². The number of nitrogen functional groups attached to an aromatic ring is 1. The van der Waals surface area contributed by atoms with Crippen LogP contribution in [0, 0.1) is 11.2 Å². The Hall–Kier alpha value is -1.25. The fraction of sp³-hybridized carbons (Fsp3) is 0.600. The van der Waals surface area contributed by atoms with Crippen LogP contribution in [-0.2, 0) is 0 Å². The molecule has 1 aromatic rings. The Morgan fingerprint density at radius 1 is 1.28 bits per heavy atom. The maximum Gasteiger partial charge on any atom is 0.125 e. The number of nitrogens with two attached hydrogens (primary N) is 1. The smallest absolute Gasteiger partial charge is 0.125 e. The number of anilines is 2. The summed E-state index contributed by atoms with van der Waals surface area (Å²) in [6.45, 7) is 7.47. The summed E-state index contributed by atoms with van der Waals surface area (Å²) in [5.41, 5.74) is 7.30. The lowest BCUT2D eigenvalue weighted by atomic mass is 9.87. The summed E-state index contributed by atoms with van der Waals surface area (Å²) in [5.74, 6) is -0.254. The van der Waals surface area contributed by atoms with Crippen molar-refractivity contribution in [3.8, 4) is 0 Å². The number of hydrogen-bond acceptors (Lipinski definition) is 2. The third kappa shape index (κ3) is 4.94. The molecule has 3 N–H and O–H groups in total. The molecule has 0 spiro atoms. The summed E-state index contributed by atoms with van der Waals surface area (Å²) in [4.78, 5) is 0.